The molecule has 0 unspecified atom stereocenters. The summed E-state index contributed by atoms with van der Waals surface area (Å²) < 4.78 is 0. The Morgan fingerprint density at radius 1 is 1.12 bits per heavy atom. The van der Waals surface area contributed by atoms with Crippen molar-refractivity contribution in [2.75, 3.05) is 39.3 Å². The van der Waals surface area contributed by atoms with Crippen molar-refractivity contribution in [1.82, 2.24) is 15.1 Å². The SMILES string of the molecule is N[C@@H]1CN(CC(=O)NCC(=O)N2CCCC2)C[C@H]1c1ccccc1. The molecule has 24 heavy (non-hydrogen) atoms. The number of nitrogens with zero attached hydrogens (tertiary/aromatic N) is 2. The maximum Gasteiger partial charge on any atom is 0.241 e. The number of hydrogen-bond acceptors (Lipinski definition) is 4. The van der Waals surface area contributed by atoms with Gasteiger partial charge < -0.3 is 16.0 Å². The van der Waals surface area contributed by atoms with Gasteiger partial charge in [-0.05, 0) is 18.4 Å². The number of nitrogens with one attached hydrogen (secondary N) is 1. The molecule has 2 saturated heterocycles. The number of carbonyl (C=O) groups excluding carboxylic acids is 2. The van der Waals surface area contributed by atoms with E-state index in [2.05, 4.69) is 22.3 Å². The molecular weight excluding hydrogens is 304 g/mol. The van der Waals surface area contributed by atoms with Crippen LogP contribution in [0.3, 0.4) is 0 Å². The number of benzene rings is 1. The van der Waals surface area contributed by atoms with Gasteiger partial charge >= 0.3 is 0 Å². The number of rotatable bonds is 5. The number of amides is 2. The molecule has 130 valence electrons. The van der Waals surface area contributed by atoms with Crippen LogP contribution in [-0.2, 0) is 9.59 Å². The Labute approximate surface area is 143 Å². The summed E-state index contributed by atoms with van der Waals surface area (Å²) in [6.07, 6.45) is 2.12. The van der Waals surface area contributed by atoms with Crippen LogP contribution in [0.5, 0.6) is 0 Å². The molecule has 1 aromatic carbocycles. The van der Waals surface area contributed by atoms with E-state index < -0.39 is 0 Å². The summed E-state index contributed by atoms with van der Waals surface area (Å²) in [5.41, 5.74) is 7.47. The average Bonchev–Trinajstić information content (AvgIpc) is 3.23. The van der Waals surface area contributed by atoms with Crippen LogP contribution < -0.4 is 11.1 Å². The lowest BCUT2D eigenvalue weighted by Crippen LogP contribution is -2.42. The molecule has 3 rings (SSSR count). The van der Waals surface area contributed by atoms with E-state index in [9.17, 15) is 9.59 Å². The van der Waals surface area contributed by atoms with E-state index in [0.29, 0.717) is 13.1 Å². The minimum Gasteiger partial charge on any atom is -0.346 e. The van der Waals surface area contributed by atoms with Gasteiger partial charge in [-0.3, -0.25) is 14.5 Å². The number of likely N-dealkylation sites (tertiary alicyclic amines) is 2. The number of nitrogens with two attached hydrogens (primary N) is 1. The molecular formula is C18H26N4O2. The molecule has 6 nitrogen and oxygen atoms in total. The fourth-order valence-corrected chi connectivity index (χ4v) is 3.61. The normalized spacial score (nSPS) is 24.3. The highest BCUT2D eigenvalue weighted by Crippen LogP contribution is 2.25. The van der Waals surface area contributed by atoms with Gasteiger partial charge in [0.1, 0.15) is 0 Å². The van der Waals surface area contributed by atoms with Crippen molar-refractivity contribution in [1.29, 1.82) is 0 Å². The van der Waals surface area contributed by atoms with Crippen molar-refractivity contribution in [2.45, 2.75) is 24.8 Å². The summed E-state index contributed by atoms with van der Waals surface area (Å²) in [6, 6.07) is 10.2. The Balaban J connectivity index is 1.44. The minimum absolute atomic E-state index is 0.0149. The Morgan fingerprint density at radius 3 is 2.54 bits per heavy atom. The maximum atomic E-state index is 12.1. The first-order valence-electron chi connectivity index (χ1n) is 8.71. The summed E-state index contributed by atoms with van der Waals surface area (Å²) in [6.45, 7) is 3.50. The third-order valence-corrected chi connectivity index (χ3v) is 4.93. The maximum absolute atomic E-state index is 12.1. The molecule has 2 heterocycles. The van der Waals surface area contributed by atoms with E-state index in [0.717, 1.165) is 32.5 Å². The Bertz CT molecular complexity index is 572. The van der Waals surface area contributed by atoms with Gasteiger partial charge in [0, 0.05) is 38.1 Å². The first kappa shape index (κ1) is 16.9. The average molecular weight is 330 g/mol. The minimum atomic E-state index is -0.108. The molecule has 0 saturated carbocycles. The number of hydrogen-bond donors (Lipinski definition) is 2. The van der Waals surface area contributed by atoms with E-state index in [-0.39, 0.29) is 30.3 Å². The standard InChI is InChI=1S/C18H26N4O2/c19-16-12-21(11-15(16)14-6-2-1-3-7-14)13-17(23)20-10-18(24)22-8-4-5-9-22/h1-3,6-7,15-16H,4-5,8-13,19H2,(H,20,23)/t15-,16+/m0/s1. The molecule has 3 N–H and O–H groups in total. The van der Waals surface area contributed by atoms with Crippen LogP contribution in [0.25, 0.3) is 0 Å². The number of carbonyl (C=O) groups is 2. The molecule has 2 atom stereocenters. The van der Waals surface area contributed by atoms with Gasteiger partial charge in [-0.15, -0.1) is 0 Å². The zero-order chi connectivity index (χ0) is 16.9. The molecule has 0 aliphatic carbocycles. The topological polar surface area (TPSA) is 78.7 Å². The van der Waals surface area contributed by atoms with Crippen molar-refractivity contribution < 1.29 is 9.59 Å². The fourth-order valence-electron chi connectivity index (χ4n) is 3.61. The quantitative estimate of drug-likeness (QED) is 0.806. The molecule has 0 radical (unpaired) electrons. The van der Waals surface area contributed by atoms with Crippen LogP contribution >= 0.6 is 0 Å². The second-order valence-corrected chi connectivity index (χ2v) is 6.74. The van der Waals surface area contributed by atoms with Crippen molar-refractivity contribution in [2.24, 2.45) is 5.73 Å². The third-order valence-electron chi connectivity index (χ3n) is 4.93. The van der Waals surface area contributed by atoms with Crippen molar-refractivity contribution >= 4 is 11.8 Å². The first-order chi connectivity index (χ1) is 11.6. The van der Waals surface area contributed by atoms with E-state index in [1.54, 1.807) is 0 Å². The zero-order valence-corrected chi connectivity index (χ0v) is 14.0. The van der Waals surface area contributed by atoms with Crippen LogP contribution in [0.1, 0.15) is 24.3 Å². The Kier molecular flexibility index (Phi) is 5.48. The van der Waals surface area contributed by atoms with E-state index in [1.807, 2.05) is 23.1 Å². The Morgan fingerprint density at radius 2 is 1.83 bits per heavy atom. The van der Waals surface area contributed by atoms with Gasteiger partial charge in [0.05, 0.1) is 13.1 Å². The molecule has 2 aliphatic rings. The predicted molar refractivity (Wildman–Crippen MR) is 92.4 cm³/mol. The van der Waals surface area contributed by atoms with Crippen LogP contribution in [0.4, 0.5) is 0 Å². The van der Waals surface area contributed by atoms with Crippen molar-refractivity contribution in [3.05, 3.63) is 35.9 Å². The van der Waals surface area contributed by atoms with Gasteiger partial charge in [0.25, 0.3) is 0 Å². The van der Waals surface area contributed by atoms with Crippen LogP contribution in [0.15, 0.2) is 30.3 Å². The van der Waals surface area contributed by atoms with E-state index in [1.165, 1.54) is 5.56 Å². The van der Waals surface area contributed by atoms with Gasteiger partial charge in [0.15, 0.2) is 0 Å². The van der Waals surface area contributed by atoms with Gasteiger partial charge in [-0.2, -0.15) is 0 Å². The molecule has 0 aromatic heterocycles. The molecule has 0 bridgehead atoms. The summed E-state index contributed by atoms with van der Waals surface area (Å²) in [7, 11) is 0. The molecule has 2 fully saturated rings. The third kappa shape index (κ3) is 4.13. The van der Waals surface area contributed by atoms with E-state index in [4.69, 9.17) is 5.73 Å². The van der Waals surface area contributed by atoms with Crippen molar-refractivity contribution in [3.63, 3.8) is 0 Å². The molecule has 1 aromatic rings. The predicted octanol–water partition coefficient (Wildman–Crippen LogP) is 0.152. The van der Waals surface area contributed by atoms with E-state index >= 15 is 0 Å². The van der Waals surface area contributed by atoms with Gasteiger partial charge in [0.2, 0.25) is 11.8 Å². The fraction of sp³-hybridized carbons (Fsp3) is 0.556. The highest BCUT2D eigenvalue weighted by atomic mass is 16.2. The summed E-state index contributed by atoms with van der Waals surface area (Å²) in [4.78, 5) is 27.9. The second-order valence-electron chi connectivity index (χ2n) is 6.74. The lowest BCUT2D eigenvalue weighted by molar-refractivity contribution is -0.132. The largest absolute Gasteiger partial charge is 0.346 e. The summed E-state index contributed by atoms with van der Waals surface area (Å²) in [5.74, 6) is 0.162. The first-order valence-corrected chi connectivity index (χ1v) is 8.71. The smallest absolute Gasteiger partial charge is 0.241 e. The monoisotopic (exact) mass is 330 g/mol. The van der Waals surface area contributed by atoms with Crippen LogP contribution in [0, 0.1) is 0 Å². The van der Waals surface area contributed by atoms with Crippen molar-refractivity contribution in [3.8, 4) is 0 Å². The molecule has 0 spiro atoms. The highest BCUT2D eigenvalue weighted by Gasteiger charge is 2.32. The lowest BCUT2D eigenvalue weighted by atomic mass is 9.95. The Hall–Kier alpha value is -1.92. The molecule has 6 heteroatoms. The lowest BCUT2D eigenvalue weighted by Gasteiger charge is -2.18. The van der Waals surface area contributed by atoms with Crippen LogP contribution in [0.2, 0.25) is 0 Å². The van der Waals surface area contributed by atoms with Crippen LogP contribution in [-0.4, -0.2) is 66.9 Å². The van der Waals surface area contributed by atoms with Gasteiger partial charge in [-0.1, -0.05) is 30.3 Å². The highest BCUT2D eigenvalue weighted by molar-refractivity contribution is 5.85. The summed E-state index contributed by atoms with van der Waals surface area (Å²) in [5, 5.41) is 2.74. The summed E-state index contributed by atoms with van der Waals surface area (Å²) >= 11 is 0. The zero-order valence-electron chi connectivity index (χ0n) is 14.0. The second kappa shape index (κ2) is 7.77. The molecule has 2 amide bonds. The van der Waals surface area contributed by atoms with Gasteiger partial charge in [-0.25, -0.2) is 0 Å². The molecule has 2 aliphatic heterocycles.